The van der Waals surface area contributed by atoms with Crippen LogP contribution in [0.5, 0.6) is 11.5 Å². The molecule has 0 bridgehead atoms. The summed E-state index contributed by atoms with van der Waals surface area (Å²) in [4.78, 5) is 23.0. The number of amides is 2. The van der Waals surface area contributed by atoms with Gasteiger partial charge in [-0.15, -0.1) is 0 Å². The van der Waals surface area contributed by atoms with Crippen molar-refractivity contribution in [3.05, 3.63) is 58.6 Å². The van der Waals surface area contributed by atoms with E-state index in [9.17, 15) is 9.59 Å². The second-order valence-corrected chi connectivity index (χ2v) is 6.22. The van der Waals surface area contributed by atoms with E-state index < -0.39 is 11.8 Å². The van der Waals surface area contributed by atoms with Crippen LogP contribution in [-0.2, 0) is 16.2 Å². The molecular formula is C20H22ClN3O4. The highest BCUT2D eigenvalue weighted by Crippen LogP contribution is 2.28. The Labute approximate surface area is 168 Å². The van der Waals surface area contributed by atoms with Crippen LogP contribution in [0.2, 0.25) is 5.02 Å². The monoisotopic (exact) mass is 403 g/mol. The molecule has 2 aromatic carbocycles. The number of nitrogens with zero attached hydrogens (tertiary/aromatic N) is 1. The van der Waals surface area contributed by atoms with Crippen molar-refractivity contribution >= 4 is 29.6 Å². The lowest BCUT2D eigenvalue weighted by atomic mass is 10.2. The zero-order valence-electron chi connectivity index (χ0n) is 15.7. The van der Waals surface area contributed by atoms with Crippen LogP contribution in [0.25, 0.3) is 0 Å². The Balaban J connectivity index is 1.95. The Morgan fingerprint density at radius 2 is 1.86 bits per heavy atom. The molecule has 0 saturated heterocycles. The molecule has 0 saturated carbocycles. The van der Waals surface area contributed by atoms with Crippen molar-refractivity contribution in [2.45, 2.75) is 20.0 Å². The average molecular weight is 404 g/mol. The van der Waals surface area contributed by atoms with Crippen LogP contribution in [0.1, 0.15) is 24.5 Å². The van der Waals surface area contributed by atoms with Gasteiger partial charge in [-0.05, 0) is 47.9 Å². The van der Waals surface area contributed by atoms with E-state index in [1.54, 1.807) is 30.3 Å². The Bertz CT molecular complexity index is 838. The first-order chi connectivity index (χ1) is 13.5. The number of hydrogen-bond acceptors (Lipinski definition) is 5. The summed E-state index contributed by atoms with van der Waals surface area (Å²) in [6, 6.07) is 12.6. The fourth-order valence-electron chi connectivity index (χ4n) is 2.16. The maximum Gasteiger partial charge on any atom is 0.329 e. The predicted molar refractivity (Wildman–Crippen MR) is 108 cm³/mol. The summed E-state index contributed by atoms with van der Waals surface area (Å²) in [5.41, 5.74) is 3.82. The van der Waals surface area contributed by atoms with Crippen LogP contribution in [-0.4, -0.2) is 31.7 Å². The summed E-state index contributed by atoms with van der Waals surface area (Å²) in [6.07, 6.45) is 2.16. The zero-order valence-corrected chi connectivity index (χ0v) is 16.5. The molecule has 2 aromatic rings. The molecule has 0 aromatic heterocycles. The number of carbonyl (C=O) groups is 2. The third kappa shape index (κ3) is 6.59. The van der Waals surface area contributed by atoms with Gasteiger partial charge in [-0.3, -0.25) is 9.59 Å². The fraction of sp³-hybridized carbons (Fsp3) is 0.250. The van der Waals surface area contributed by atoms with Gasteiger partial charge in [0.1, 0.15) is 6.61 Å². The third-order valence-electron chi connectivity index (χ3n) is 3.62. The zero-order chi connectivity index (χ0) is 20.4. The van der Waals surface area contributed by atoms with Gasteiger partial charge in [0, 0.05) is 11.6 Å². The van der Waals surface area contributed by atoms with Crippen LogP contribution in [0, 0.1) is 0 Å². The summed E-state index contributed by atoms with van der Waals surface area (Å²) in [5.74, 6) is -0.454. The number of methoxy groups -OCH3 is 1. The summed E-state index contributed by atoms with van der Waals surface area (Å²) < 4.78 is 11.1. The quantitative estimate of drug-likeness (QED) is 0.403. The minimum Gasteiger partial charge on any atom is -0.493 e. The van der Waals surface area contributed by atoms with Gasteiger partial charge in [0.2, 0.25) is 0 Å². The van der Waals surface area contributed by atoms with E-state index in [1.807, 2.05) is 19.1 Å². The molecule has 0 aliphatic heterocycles. The van der Waals surface area contributed by atoms with Crippen molar-refractivity contribution in [1.29, 1.82) is 0 Å². The number of ether oxygens (including phenoxy) is 2. The molecule has 2 N–H and O–H groups in total. The molecule has 148 valence electrons. The Morgan fingerprint density at radius 1 is 1.11 bits per heavy atom. The van der Waals surface area contributed by atoms with E-state index >= 15 is 0 Å². The summed E-state index contributed by atoms with van der Waals surface area (Å²) in [5, 5.41) is 6.92. The van der Waals surface area contributed by atoms with Crippen molar-refractivity contribution in [2.24, 2.45) is 5.10 Å². The lowest BCUT2D eigenvalue weighted by Gasteiger charge is -2.11. The second-order valence-electron chi connectivity index (χ2n) is 5.78. The molecule has 8 heteroatoms. The van der Waals surface area contributed by atoms with Crippen molar-refractivity contribution in [3.63, 3.8) is 0 Å². The van der Waals surface area contributed by atoms with E-state index in [4.69, 9.17) is 21.1 Å². The van der Waals surface area contributed by atoms with E-state index in [-0.39, 0.29) is 0 Å². The number of halogens is 1. The van der Waals surface area contributed by atoms with E-state index in [2.05, 4.69) is 15.8 Å². The molecule has 2 rings (SSSR count). The first kappa shape index (κ1) is 21.2. The molecule has 0 spiro atoms. The third-order valence-corrected chi connectivity index (χ3v) is 3.87. The largest absolute Gasteiger partial charge is 0.493 e. The van der Waals surface area contributed by atoms with Crippen LogP contribution in [0.15, 0.2) is 47.6 Å². The number of hydrazone groups is 1. The molecule has 0 heterocycles. The topological polar surface area (TPSA) is 89.0 Å². The molecule has 2 amide bonds. The molecule has 7 nitrogen and oxygen atoms in total. The summed E-state index contributed by atoms with van der Waals surface area (Å²) in [6.45, 7) is 2.70. The minimum absolute atomic E-state index is 0.365. The van der Waals surface area contributed by atoms with E-state index in [0.717, 1.165) is 12.0 Å². The molecule has 0 fully saturated rings. The summed E-state index contributed by atoms with van der Waals surface area (Å²) >= 11 is 5.87. The van der Waals surface area contributed by atoms with E-state index in [1.165, 1.54) is 13.3 Å². The van der Waals surface area contributed by atoms with Gasteiger partial charge in [-0.25, -0.2) is 5.43 Å². The molecule has 0 unspecified atom stereocenters. The lowest BCUT2D eigenvalue weighted by molar-refractivity contribution is -0.139. The lowest BCUT2D eigenvalue weighted by Crippen LogP contribution is -2.38. The Morgan fingerprint density at radius 3 is 2.54 bits per heavy atom. The SMILES string of the molecule is CCCNC(=O)C(=O)N/N=C\c1ccc(OCc2ccc(Cl)cc2)c(OC)c1. The van der Waals surface area contributed by atoms with Crippen LogP contribution in [0.4, 0.5) is 0 Å². The minimum atomic E-state index is -0.820. The number of nitrogens with one attached hydrogen (secondary N) is 2. The maximum atomic E-state index is 11.6. The fourth-order valence-corrected chi connectivity index (χ4v) is 2.29. The van der Waals surface area contributed by atoms with Crippen molar-refractivity contribution in [2.75, 3.05) is 13.7 Å². The standard InChI is InChI=1S/C20H22ClN3O4/c1-3-10-22-19(25)20(26)24-23-12-15-6-9-17(18(11-15)27-2)28-13-14-4-7-16(21)8-5-14/h4-9,11-12H,3,10,13H2,1-2H3,(H,22,25)(H,24,26)/b23-12-. The number of hydrogen-bond donors (Lipinski definition) is 2. The number of rotatable bonds is 8. The first-order valence-electron chi connectivity index (χ1n) is 8.70. The van der Waals surface area contributed by atoms with Gasteiger partial charge >= 0.3 is 11.8 Å². The van der Waals surface area contributed by atoms with Gasteiger partial charge in [-0.2, -0.15) is 5.10 Å². The van der Waals surface area contributed by atoms with Crippen LogP contribution >= 0.6 is 11.6 Å². The normalized spacial score (nSPS) is 10.5. The molecule has 0 radical (unpaired) electrons. The summed E-state index contributed by atoms with van der Waals surface area (Å²) in [7, 11) is 1.53. The highest BCUT2D eigenvalue weighted by molar-refractivity contribution is 6.35. The maximum absolute atomic E-state index is 11.6. The van der Waals surface area contributed by atoms with Crippen LogP contribution in [0.3, 0.4) is 0 Å². The van der Waals surface area contributed by atoms with Gasteiger partial charge in [0.15, 0.2) is 11.5 Å². The average Bonchev–Trinajstić information content (AvgIpc) is 2.71. The highest BCUT2D eigenvalue weighted by atomic mass is 35.5. The number of carbonyl (C=O) groups excluding carboxylic acids is 2. The molecule has 28 heavy (non-hydrogen) atoms. The van der Waals surface area contributed by atoms with Crippen molar-refractivity contribution in [3.8, 4) is 11.5 Å². The first-order valence-corrected chi connectivity index (χ1v) is 9.07. The molecular weight excluding hydrogens is 382 g/mol. The smallest absolute Gasteiger partial charge is 0.329 e. The van der Waals surface area contributed by atoms with Gasteiger partial charge in [0.05, 0.1) is 13.3 Å². The van der Waals surface area contributed by atoms with Gasteiger partial charge in [-0.1, -0.05) is 30.7 Å². The van der Waals surface area contributed by atoms with Crippen molar-refractivity contribution < 1.29 is 19.1 Å². The van der Waals surface area contributed by atoms with Gasteiger partial charge < -0.3 is 14.8 Å². The Hall–Kier alpha value is -3.06. The highest BCUT2D eigenvalue weighted by Gasteiger charge is 2.11. The van der Waals surface area contributed by atoms with Crippen LogP contribution < -0.4 is 20.2 Å². The Kier molecular flexibility index (Phi) is 8.30. The van der Waals surface area contributed by atoms with Crippen molar-refractivity contribution in [1.82, 2.24) is 10.7 Å². The molecule has 0 aliphatic rings. The molecule has 0 atom stereocenters. The second kappa shape index (κ2) is 10.9. The van der Waals surface area contributed by atoms with E-state index in [0.29, 0.717) is 35.2 Å². The van der Waals surface area contributed by atoms with Gasteiger partial charge in [0.25, 0.3) is 0 Å². The predicted octanol–water partition coefficient (Wildman–Crippen LogP) is 2.90. The molecule has 0 aliphatic carbocycles. The number of benzene rings is 2.